The first-order chi connectivity index (χ1) is 9.19. The predicted molar refractivity (Wildman–Crippen MR) is 74.0 cm³/mol. The Kier molecular flexibility index (Phi) is 4.53. The van der Waals surface area contributed by atoms with Crippen LogP contribution in [0.25, 0.3) is 0 Å². The highest BCUT2D eigenvalue weighted by atomic mass is 16.4. The Morgan fingerprint density at radius 2 is 2.37 bits per heavy atom. The van der Waals surface area contributed by atoms with Gasteiger partial charge in [-0.2, -0.15) is 0 Å². The van der Waals surface area contributed by atoms with Crippen molar-refractivity contribution in [1.29, 1.82) is 0 Å². The van der Waals surface area contributed by atoms with Crippen LogP contribution in [0.5, 0.6) is 0 Å². The number of aliphatic carboxylic acids is 1. The Hall–Kier alpha value is -1.42. The highest BCUT2D eigenvalue weighted by Gasteiger charge is 2.46. The summed E-state index contributed by atoms with van der Waals surface area (Å²) >= 11 is 0. The van der Waals surface area contributed by atoms with Gasteiger partial charge >= 0.3 is 5.97 Å². The molecule has 1 atom stereocenters. The van der Waals surface area contributed by atoms with Crippen LogP contribution in [-0.4, -0.2) is 39.6 Å². The van der Waals surface area contributed by atoms with Crippen molar-refractivity contribution in [2.24, 2.45) is 0 Å². The van der Waals surface area contributed by atoms with E-state index in [1.54, 1.807) is 6.20 Å². The minimum Gasteiger partial charge on any atom is -0.480 e. The molecule has 1 N–H and O–H groups in total. The zero-order valence-electron chi connectivity index (χ0n) is 11.5. The molecular weight excluding hydrogens is 240 g/mol. The lowest BCUT2D eigenvalue weighted by Gasteiger charge is -2.34. The maximum Gasteiger partial charge on any atom is 0.324 e. The maximum absolute atomic E-state index is 11.7. The molecule has 2 rings (SSSR count). The predicted octanol–water partition coefficient (Wildman–Crippen LogP) is 2.34. The second-order valence-corrected chi connectivity index (χ2v) is 5.25. The van der Waals surface area contributed by atoms with Crippen LogP contribution in [0.15, 0.2) is 24.4 Å². The lowest BCUT2D eigenvalue weighted by molar-refractivity contribution is -0.150. The fourth-order valence-corrected chi connectivity index (χ4v) is 3.10. The van der Waals surface area contributed by atoms with Crippen LogP contribution < -0.4 is 0 Å². The van der Waals surface area contributed by atoms with Crippen molar-refractivity contribution >= 4 is 5.97 Å². The van der Waals surface area contributed by atoms with E-state index in [1.807, 2.05) is 18.2 Å². The molecule has 0 aromatic carbocycles. The van der Waals surface area contributed by atoms with Crippen LogP contribution in [0.2, 0.25) is 0 Å². The van der Waals surface area contributed by atoms with Gasteiger partial charge in [0.25, 0.3) is 0 Å². The zero-order valence-corrected chi connectivity index (χ0v) is 11.5. The number of nitrogens with zero attached hydrogens (tertiary/aromatic N) is 2. The molecule has 19 heavy (non-hydrogen) atoms. The summed E-state index contributed by atoms with van der Waals surface area (Å²) in [6.45, 7) is 3.72. The van der Waals surface area contributed by atoms with Gasteiger partial charge in [0.05, 0.1) is 0 Å². The molecule has 104 valence electrons. The molecule has 1 fully saturated rings. The number of aromatic nitrogens is 1. The topological polar surface area (TPSA) is 53.4 Å². The third kappa shape index (κ3) is 2.95. The number of pyridine rings is 1. The maximum atomic E-state index is 11.7. The van der Waals surface area contributed by atoms with E-state index in [9.17, 15) is 9.90 Å². The highest BCUT2D eigenvalue weighted by molar-refractivity contribution is 5.79. The Bertz CT molecular complexity index is 421. The average molecular weight is 262 g/mol. The van der Waals surface area contributed by atoms with Gasteiger partial charge in [0.15, 0.2) is 0 Å². The van der Waals surface area contributed by atoms with Crippen LogP contribution in [0.4, 0.5) is 0 Å². The lowest BCUT2D eigenvalue weighted by Crippen LogP contribution is -2.51. The monoisotopic (exact) mass is 262 g/mol. The van der Waals surface area contributed by atoms with E-state index in [-0.39, 0.29) is 0 Å². The standard InChI is InChI=1S/C15H22N2O2/c1-2-8-15(14(18)19)9-5-11-17(15)12-7-13-6-3-4-10-16-13/h3-4,6,10H,2,5,7-9,11-12H2,1H3,(H,18,19). The van der Waals surface area contributed by atoms with Gasteiger partial charge < -0.3 is 5.11 Å². The van der Waals surface area contributed by atoms with E-state index in [0.717, 1.165) is 50.9 Å². The van der Waals surface area contributed by atoms with E-state index < -0.39 is 11.5 Å². The molecule has 1 saturated heterocycles. The van der Waals surface area contributed by atoms with E-state index in [0.29, 0.717) is 0 Å². The number of carbonyl (C=O) groups is 1. The molecule has 4 nitrogen and oxygen atoms in total. The van der Waals surface area contributed by atoms with Crippen LogP contribution in [0, 0.1) is 0 Å². The van der Waals surface area contributed by atoms with Crippen LogP contribution in [0.1, 0.15) is 38.3 Å². The summed E-state index contributed by atoms with van der Waals surface area (Å²) in [5, 5.41) is 9.61. The second-order valence-electron chi connectivity index (χ2n) is 5.25. The third-order valence-corrected chi connectivity index (χ3v) is 4.05. The Morgan fingerprint density at radius 3 is 3.00 bits per heavy atom. The smallest absolute Gasteiger partial charge is 0.324 e. The molecule has 0 saturated carbocycles. The van der Waals surface area contributed by atoms with Gasteiger partial charge in [0.2, 0.25) is 0 Å². The van der Waals surface area contributed by atoms with Crippen molar-refractivity contribution < 1.29 is 9.90 Å². The van der Waals surface area contributed by atoms with E-state index in [2.05, 4.69) is 16.8 Å². The molecule has 1 aromatic rings. The minimum atomic E-state index is -0.659. The van der Waals surface area contributed by atoms with Crippen LogP contribution >= 0.6 is 0 Å². The van der Waals surface area contributed by atoms with E-state index in [4.69, 9.17) is 0 Å². The highest BCUT2D eigenvalue weighted by Crippen LogP contribution is 2.33. The van der Waals surface area contributed by atoms with Crippen molar-refractivity contribution in [3.63, 3.8) is 0 Å². The second kappa shape index (κ2) is 6.15. The third-order valence-electron chi connectivity index (χ3n) is 4.05. The largest absolute Gasteiger partial charge is 0.480 e. The fourth-order valence-electron chi connectivity index (χ4n) is 3.10. The number of hydrogen-bond acceptors (Lipinski definition) is 3. The molecule has 1 aliphatic rings. The van der Waals surface area contributed by atoms with E-state index in [1.165, 1.54) is 0 Å². The van der Waals surface area contributed by atoms with Gasteiger partial charge in [0, 0.05) is 24.9 Å². The number of carboxylic acid groups (broad SMARTS) is 1. The van der Waals surface area contributed by atoms with Crippen LogP contribution in [0.3, 0.4) is 0 Å². The summed E-state index contributed by atoms with van der Waals surface area (Å²) in [5.74, 6) is -0.659. The Balaban J connectivity index is 2.03. The minimum absolute atomic E-state index is 0.635. The molecule has 0 amide bonds. The zero-order chi connectivity index (χ0) is 13.7. The molecule has 0 spiro atoms. The number of rotatable bonds is 6. The summed E-state index contributed by atoms with van der Waals surface area (Å²) in [6.07, 6.45) is 6.01. The first-order valence-corrected chi connectivity index (χ1v) is 7.07. The van der Waals surface area contributed by atoms with E-state index >= 15 is 0 Å². The average Bonchev–Trinajstić information content (AvgIpc) is 2.82. The fraction of sp³-hybridized carbons (Fsp3) is 0.600. The summed E-state index contributed by atoms with van der Waals surface area (Å²) in [5.41, 5.74) is 0.397. The normalized spacial score (nSPS) is 23.6. The molecule has 1 aliphatic heterocycles. The summed E-state index contributed by atoms with van der Waals surface area (Å²) < 4.78 is 0. The Labute approximate surface area is 114 Å². The molecule has 0 bridgehead atoms. The van der Waals surface area contributed by atoms with Crippen molar-refractivity contribution in [2.45, 2.75) is 44.6 Å². The molecule has 1 aromatic heterocycles. The molecule has 1 unspecified atom stereocenters. The summed E-state index contributed by atoms with van der Waals surface area (Å²) in [7, 11) is 0. The Morgan fingerprint density at radius 1 is 1.53 bits per heavy atom. The quantitative estimate of drug-likeness (QED) is 0.855. The van der Waals surface area contributed by atoms with Crippen molar-refractivity contribution in [3.8, 4) is 0 Å². The van der Waals surface area contributed by atoms with Gasteiger partial charge in [-0.1, -0.05) is 19.4 Å². The number of likely N-dealkylation sites (tertiary alicyclic amines) is 1. The van der Waals surface area contributed by atoms with Gasteiger partial charge in [-0.15, -0.1) is 0 Å². The SMILES string of the molecule is CCCC1(C(=O)O)CCCN1CCc1ccccn1. The van der Waals surface area contributed by atoms with Gasteiger partial charge in [-0.25, -0.2) is 0 Å². The molecule has 0 radical (unpaired) electrons. The van der Waals surface area contributed by atoms with Crippen molar-refractivity contribution in [2.75, 3.05) is 13.1 Å². The molecule has 0 aliphatic carbocycles. The molecule has 2 heterocycles. The van der Waals surface area contributed by atoms with Crippen molar-refractivity contribution in [1.82, 2.24) is 9.88 Å². The van der Waals surface area contributed by atoms with Gasteiger partial charge in [0.1, 0.15) is 5.54 Å². The van der Waals surface area contributed by atoms with Gasteiger partial charge in [-0.3, -0.25) is 14.7 Å². The first-order valence-electron chi connectivity index (χ1n) is 7.07. The molecule has 4 heteroatoms. The van der Waals surface area contributed by atoms with Crippen molar-refractivity contribution in [3.05, 3.63) is 30.1 Å². The lowest BCUT2D eigenvalue weighted by atomic mass is 9.90. The van der Waals surface area contributed by atoms with Crippen LogP contribution in [-0.2, 0) is 11.2 Å². The number of hydrogen-bond donors (Lipinski definition) is 1. The summed E-state index contributed by atoms with van der Waals surface area (Å²) in [6, 6.07) is 5.87. The molecular formula is C15H22N2O2. The summed E-state index contributed by atoms with van der Waals surface area (Å²) in [4.78, 5) is 18.1. The van der Waals surface area contributed by atoms with Gasteiger partial charge in [-0.05, 0) is 37.9 Å². The number of carboxylic acids is 1. The first kappa shape index (κ1) is 14.0.